The van der Waals surface area contributed by atoms with E-state index in [9.17, 15) is 14.0 Å². The number of nitrogens with one attached hydrogen (secondary N) is 1. The van der Waals surface area contributed by atoms with E-state index in [1.165, 1.54) is 17.0 Å². The summed E-state index contributed by atoms with van der Waals surface area (Å²) in [6, 6.07) is 16.9. The summed E-state index contributed by atoms with van der Waals surface area (Å²) in [5, 5.41) is 5.18. The van der Waals surface area contributed by atoms with Crippen molar-refractivity contribution in [2.24, 2.45) is 11.8 Å². The molecule has 0 bridgehead atoms. The fraction of sp³-hybridized carbons (Fsp3) is 0.486. The lowest BCUT2D eigenvalue weighted by Crippen LogP contribution is -2.48. The van der Waals surface area contributed by atoms with Crippen LogP contribution >= 0.6 is 11.3 Å². The molecule has 1 amide bonds. The summed E-state index contributed by atoms with van der Waals surface area (Å²) in [6.07, 6.45) is 3.39. The van der Waals surface area contributed by atoms with E-state index in [-0.39, 0.29) is 36.0 Å². The maximum Gasteiger partial charge on any atom is 0.223 e. The number of amides is 1. The number of Topliss-reactive ketones (excluding diaryl/α,β-unsaturated/α-hetero) is 1. The number of hydrogen-bond acceptors (Lipinski definition) is 6. The Bertz CT molecular complexity index is 1580. The van der Waals surface area contributed by atoms with Crippen LogP contribution in [0.1, 0.15) is 86.0 Å². The molecule has 5 rings (SSSR count). The van der Waals surface area contributed by atoms with Crippen molar-refractivity contribution in [2.45, 2.75) is 78.5 Å². The predicted octanol–water partition coefficient (Wildman–Crippen LogP) is 7.44. The van der Waals surface area contributed by atoms with Crippen molar-refractivity contribution in [3.63, 3.8) is 0 Å². The summed E-state index contributed by atoms with van der Waals surface area (Å²) >= 11 is 1.73. The molecule has 1 fully saturated rings. The fourth-order valence-electron chi connectivity index (χ4n) is 6.53. The molecule has 7 nitrogen and oxygen atoms in total. The topological polar surface area (TPSA) is 76.5 Å². The van der Waals surface area contributed by atoms with Crippen LogP contribution in [0.4, 0.5) is 4.39 Å². The SMILES string of the molecule is CCC(CC)n1c(Cc2cccs2)nc2cc(C(=O)C[C@@H](CC(C)C)C(=O)NCC3CN(Cc4ccc(F)cc4)CCO3)ccc21. The molecule has 0 saturated carbocycles. The largest absolute Gasteiger partial charge is 0.374 e. The van der Waals surface area contributed by atoms with Gasteiger partial charge in [-0.05, 0) is 72.5 Å². The number of carbonyl (C=O) groups excluding carboxylic acids is 2. The standard InChI is InChI=1S/C37H47FN4O3S/c1-5-30(6-2)42-34-14-11-27(19-33(34)40-36(42)21-32-8-7-17-46-32)35(43)20-28(18-25(3)4)37(44)39-22-31-24-41(15-16-45-31)23-26-9-12-29(38)13-10-26/h7-14,17,19,25,28,30-31H,5-6,15-16,18,20-24H2,1-4H3,(H,39,44)/t28-,31?/m1/s1. The first-order valence-corrected chi connectivity index (χ1v) is 17.5. The minimum absolute atomic E-state index is 0.0426. The van der Waals surface area contributed by atoms with Crippen molar-refractivity contribution >= 4 is 34.1 Å². The van der Waals surface area contributed by atoms with Gasteiger partial charge in [0.25, 0.3) is 0 Å². The summed E-state index contributed by atoms with van der Waals surface area (Å²) in [5.74, 6) is 0.456. The molecule has 2 aromatic carbocycles. The maximum absolute atomic E-state index is 13.7. The molecule has 3 heterocycles. The number of morpholine rings is 1. The minimum Gasteiger partial charge on any atom is -0.374 e. The summed E-state index contributed by atoms with van der Waals surface area (Å²) in [5.41, 5.74) is 3.52. The first-order valence-electron chi connectivity index (χ1n) is 16.7. The van der Waals surface area contributed by atoms with Crippen LogP contribution < -0.4 is 5.32 Å². The van der Waals surface area contributed by atoms with Crippen molar-refractivity contribution in [1.82, 2.24) is 19.8 Å². The predicted molar refractivity (Wildman–Crippen MR) is 183 cm³/mol. The second kappa shape index (κ2) is 15.9. The van der Waals surface area contributed by atoms with Gasteiger partial charge in [0, 0.05) is 61.4 Å². The molecule has 0 aliphatic carbocycles. The Hall–Kier alpha value is -3.40. The summed E-state index contributed by atoms with van der Waals surface area (Å²) < 4.78 is 21.6. The van der Waals surface area contributed by atoms with Gasteiger partial charge in [0.1, 0.15) is 11.6 Å². The number of halogens is 1. The zero-order valence-corrected chi connectivity index (χ0v) is 28.3. The van der Waals surface area contributed by atoms with E-state index < -0.39 is 5.92 Å². The second-order valence-corrected chi connectivity index (χ2v) is 13.9. The molecule has 0 radical (unpaired) electrons. The Morgan fingerprint density at radius 3 is 2.59 bits per heavy atom. The molecular formula is C37H47FN4O3S. The van der Waals surface area contributed by atoms with E-state index in [2.05, 4.69) is 60.0 Å². The molecule has 2 aromatic heterocycles. The number of imidazole rings is 1. The first kappa shape index (κ1) is 33.9. The van der Waals surface area contributed by atoms with Crippen LogP contribution in [-0.4, -0.2) is 58.5 Å². The monoisotopic (exact) mass is 646 g/mol. The van der Waals surface area contributed by atoms with Gasteiger partial charge in [0.05, 0.1) is 23.7 Å². The summed E-state index contributed by atoms with van der Waals surface area (Å²) in [7, 11) is 0. The molecule has 1 N–H and O–H groups in total. The number of ether oxygens (including phenoxy) is 1. The van der Waals surface area contributed by atoms with Gasteiger partial charge in [-0.3, -0.25) is 14.5 Å². The van der Waals surface area contributed by atoms with Gasteiger partial charge in [-0.15, -0.1) is 11.3 Å². The van der Waals surface area contributed by atoms with Crippen molar-refractivity contribution < 1.29 is 18.7 Å². The highest BCUT2D eigenvalue weighted by molar-refractivity contribution is 7.09. The van der Waals surface area contributed by atoms with Crippen molar-refractivity contribution in [3.8, 4) is 0 Å². The van der Waals surface area contributed by atoms with E-state index >= 15 is 0 Å². The molecule has 1 aliphatic rings. The number of thiophene rings is 1. The van der Waals surface area contributed by atoms with Gasteiger partial charge >= 0.3 is 0 Å². The lowest BCUT2D eigenvalue weighted by atomic mass is 9.89. The summed E-state index contributed by atoms with van der Waals surface area (Å²) in [6.45, 7) is 11.7. The van der Waals surface area contributed by atoms with E-state index in [0.717, 1.165) is 48.2 Å². The maximum atomic E-state index is 13.7. The Morgan fingerprint density at radius 2 is 1.89 bits per heavy atom. The molecule has 1 saturated heterocycles. The van der Waals surface area contributed by atoms with Crippen LogP contribution in [-0.2, 0) is 22.5 Å². The average molecular weight is 647 g/mol. The Labute approximate surface area is 276 Å². The molecule has 9 heteroatoms. The number of carbonyl (C=O) groups is 2. The van der Waals surface area contributed by atoms with E-state index in [1.807, 2.05) is 18.2 Å². The Morgan fingerprint density at radius 1 is 1.11 bits per heavy atom. The van der Waals surface area contributed by atoms with Crippen LogP contribution in [0.25, 0.3) is 11.0 Å². The molecule has 246 valence electrons. The van der Waals surface area contributed by atoms with Gasteiger partial charge in [0.15, 0.2) is 5.78 Å². The number of benzene rings is 2. The van der Waals surface area contributed by atoms with Gasteiger partial charge in [-0.1, -0.05) is 45.9 Å². The van der Waals surface area contributed by atoms with E-state index in [4.69, 9.17) is 9.72 Å². The van der Waals surface area contributed by atoms with Gasteiger partial charge < -0.3 is 14.6 Å². The average Bonchev–Trinajstić information content (AvgIpc) is 3.69. The zero-order chi connectivity index (χ0) is 32.6. The molecular weight excluding hydrogens is 599 g/mol. The van der Waals surface area contributed by atoms with Crippen LogP contribution in [0.15, 0.2) is 60.0 Å². The second-order valence-electron chi connectivity index (χ2n) is 12.9. The van der Waals surface area contributed by atoms with Gasteiger partial charge in [-0.2, -0.15) is 0 Å². The molecule has 4 aromatic rings. The first-order chi connectivity index (χ1) is 22.2. The number of hydrogen-bond donors (Lipinski definition) is 1. The molecule has 1 unspecified atom stereocenters. The molecule has 2 atom stereocenters. The number of ketones is 1. The number of rotatable bonds is 15. The van der Waals surface area contributed by atoms with Crippen LogP contribution in [0.5, 0.6) is 0 Å². The number of fused-ring (bicyclic) bond motifs is 1. The third kappa shape index (κ3) is 8.69. The van der Waals surface area contributed by atoms with E-state index in [1.54, 1.807) is 23.5 Å². The third-order valence-corrected chi connectivity index (χ3v) is 9.79. The van der Waals surface area contributed by atoms with Gasteiger partial charge in [-0.25, -0.2) is 9.37 Å². The number of nitrogens with zero attached hydrogens (tertiary/aromatic N) is 3. The Balaban J connectivity index is 1.24. The molecule has 0 spiro atoms. The lowest BCUT2D eigenvalue weighted by Gasteiger charge is -2.33. The summed E-state index contributed by atoms with van der Waals surface area (Å²) in [4.78, 5) is 35.7. The third-order valence-electron chi connectivity index (χ3n) is 8.91. The molecule has 1 aliphatic heterocycles. The fourth-order valence-corrected chi connectivity index (χ4v) is 7.23. The van der Waals surface area contributed by atoms with E-state index in [0.29, 0.717) is 44.3 Å². The van der Waals surface area contributed by atoms with Crippen LogP contribution in [0, 0.1) is 17.7 Å². The zero-order valence-electron chi connectivity index (χ0n) is 27.5. The number of aromatic nitrogens is 2. The van der Waals surface area contributed by atoms with Crippen molar-refractivity contribution in [2.75, 3.05) is 26.2 Å². The smallest absolute Gasteiger partial charge is 0.223 e. The highest BCUT2D eigenvalue weighted by Crippen LogP contribution is 2.29. The minimum atomic E-state index is -0.432. The van der Waals surface area contributed by atoms with Gasteiger partial charge in [0.2, 0.25) is 5.91 Å². The lowest BCUT2D eigenvalue weighted by molar-refractivity contribution is -0.126. The highest BCUT2D eigenvalue weighted by atomic mass is 32.1. The highest BCUT2D eigenvalue weighted by Gasteiger charge is 2.27. The molecule has 46 heavy (non-hydrogen) atoms. The van der Waals surface area contributed by atoms with Crippen molar-refractivity contribution in [3.05, 3.63) is 87.6 Å². The quantitative estimate of drug-likeness (QED) is 0.136. The Kier molecular flexibility index (Phi) is 11.8. The van der Waals surface area contributed by atoms with Crippen LogP contribution in [0.3, 0.4) is 0 Å². The van der Waals surface area contributed by atoms with Crippen molar-refractivity contribution in [1.29, 1.82) is 0 Å². The van der Waals surface area contributed by atoms with Crippen LogP contribution in [0.2, 0.25) is 0 Å². The normalized spacial score (nSPS) is 16.4.